The molecule has 0 atom stereocenters. The molecule has 0 saturated carbocycles. The zero-order chi connectivity index (χ0) is 22.6. The molecule has 3 aromatic carbocycles. The van der Waals surface area contributed by atoms with Gasteiger partial charge < -0.3 is 0 Å². The van der Waals surface area contributed by atoms with E-state index in [1.165, 1.54) is 0 Å². The van der Waals surface area contributed by atoms with E-state index in [1.807, 2.05) is 62.4 Å². The smallest absolute Gasteiger partial charge is 0.138 e. The molecule has 32 heavy (non-hydrogen) atoms. The van der Waals surface area contributed by atoms with E-state index < -0.39 is 0 Å². The lowest BCUT2D eigenvalue weighted by Gasteiger charge is -2.08. The summed E-state index contributed by atoms with van der Waals surface area (Å²) in [6.45, 7) is 3.95. The van der Waals surface area contributed by atoms with Crippen molar-refractivity contribution >= 4 is 11.1 Å². The largest absolute Gasteiger partial charge is 0.192 e. The highest BCUT2D eigenvalue weighted by Gasteiger charge is 2.33. The van der Waals surface area contributed by atoms with Crippen LogP contribution in [0.4, 0.5) is 0 Å². The lowest BCUT2D eigenvalue weighted by Crippen LogP contribution is -1.90. The van der Waals surface area contributed by atoms with Crippen molar-refractivity contribution in [2.75, 3.05) is 0 Å². The molecule has 2 aliphatic carbocycles. The predicted molar refractivity (Wildman–Crippen MR) is 121 cm³/mol. The fourth-order valence-electron chi connectivity index (χ4n) is 4.76. The first-order valence-electron chi connectivity index (χ1n) is 10.0. The minimum Gasteiger partial charge on any atom is -0.192 e. The van der Waals surface area contributed by atoms with E-state index in [0.717, 1.165) is 55.6 Å². The van der Waals surface area contributed by atoms with Crippen LogP contribution in [-0.2, 0) is 0 Å². The van der Waals surface area contributed by atoms with Crippen molar-refractivity contribution in [1.29, 1.82) is 21.0 Å². The van der Waals surface area contributed by atoms with E-state index in [9.17, 15) is 21.0 Å². The zero-order valence-corrected chi connectivity index (χ0v) is 17.4. The third kappa shape index (κ3) is 2.45. The maximum atomic E-state index is 9.66. The van der Waals surface area contributed by atoms with E-state index in [0.29, 0.717) is 11.1 Å². The summed E-state index contributed by atoms with van der Waals surface area (Å²) < 4.78 is 0. The molecule has 0 aromatic heterocycles. The number of nitriles is 4. The van der Waals surface area contributed by atoms with Crippen molar-refractivity contribution in [2.45, 2.75) is 13.8 Å². The third-order valence-electron chi connectivity index (χ3n) is 6.11. The highest BCUT2D eigenvalue weighted by Crippen LogP contribution is 2.53. The molecule has 0 N–H and O–H groups in total. The standard InChI is InChI=1S/C28H14N4/c1-15-3-5-19-21-9-26-22(10-25(21)27(23(19)7-15)17(11-29)12-30)20-6-4-16(2)8-24(20)28(26)18(13-31)14-32/h3-10H,1-2H3. The minimum absolute atomic E-state index is 0.0724. The van der Waals surface area contributed by atoms with Gasteiger partial charge >= 0.3 is 0 Å². The SMILES string of the molecule is Cc1ccc2c(c1)C(=C(C#N)C#N)c1cc3c(cc1-2)C(=C(C#N)C#N)c1cc(C)ccc1-3. The van der Waals surface area contributed by atoms with E-state index in [2.05, 4.69) is 24.3 Å². The van der Waals surface area contributed by atoms with Crippen molar-refractivity contribution in [1.82, 2.24) is 0 Å². The van der Waals surface area contributed by atoms with Gasteiger partial charge in [-0.05, 0) is 70.5 Å². The summed E-state index contributed by atoms with van der Waals surface area (Å²) in [4.78, 5) is 0. The highest BCUT2D eigenvalue weighted by atomic mass is 14.4. The summed E-state index contributed by atoms with van der Waals surface area (Å²) in [5.74, 6) is 0. The summed E-state index contributed by atoms with van der Waals surface area (Å²) in [5.41, 5.74) is 10.5. The highest BCUT2D eigenvalue weighted by molar-refractivity contribution is 6.11. The molecule has 0 amide bonds. The van der Waals surface area contributed by atoms with Crippen molar-refractivity contribution in [3.63, 3.8) is 0 Å². The molecule has 0 bridgehead atoms. The molecule has 0 aliphatic heterocycles. The molecule has 4 nitrogen and oxygen atoms in total. The van der Waals surface area contributed by atoms with Crippen LogP contribution in [0.2, 0.25) is 0 Å². The van der Waals surface area contributed by atoms with Crippen LogP contribution in [0.5, 0.6) is 0 Å². The van der Waals surface area contributed by atoms with Gasteiger partial charge in [-0.2, -0.15) is 21.0 Å². The van der Waals surface area contributed by atoms with Crippen LogP contribution in [0.1, 0.15) is 33.4 Å². The molecule has 0 saturated heterocycles. The second-order valence-electron chi connectivity index (χ2n) is 7.99. The van der Waals surface area contributed by atoms with Crippen LogP contribution >= 0.6 is 0 Å². The van der Waals surface area contributed by atoms with Crippen LogP contribution in [0, 0.1) is 59.2 Å². The van der Waals surface area contributed by atoms with Crippen molar-refractivity contribution in [3.8, 4) is 46.5 Å². The molecule has 5 rings (SSSR count). The quantitative estimate of drug-likeness (QED) is 0.296. The molecular weight excluding hydrogens is 392 g/mol. The number of allylic oxidation sites excluding steroid dienone is 2. The summed E-state index contributed by atoms with van der Waals surface area (Å²) in [7, 11) is 0. The summed E-state index contributed by atoms with van der Waals surface area (Å²) >= 11 is 0. The Kier molecular flexibility index (Phi) is 4.07. The van der Waals surface area contributed by atoms with Crippen molar-refractivity contribution < 1.29 is 0 Å². The lowest BCUT2D eigenvalue weighted by atomic mass is 9.93. The Balaban J connectivity index is 1.94. The minimum atomic E-state index is 0.0724. The monoisotopic (exact) mass is 406 g/mol. The third-order valence-corrected chi connectivity index (χ3v) is 6.11. The molecule has 0 spiro atoms. The first-order chi connectivity index (χ1) is 15.5. The summed E-state index contributed by atoms with van der Waals surface area (Å²) in [6.07, 6.45) is 0. The first kappa shape index (κ1) is 19.1. The fraction of sp³-hybridized carbons (Fsp3) is 0.0714. The molecule has 146 valence electrons. The topological polar surface area (TPSA) is 95.2 Å². The summed E-state index contributed by atoms with van der Waals surface area (Å²) in [5, 5.41) is 38.6. The van der Waals surface area contributed by atoms with Gasteiger partial charge in [0.15, 0.2) is 0 Å². The summed E-state index contributed by atoms with van der Waals surface area (Å²) in [6, 6.07) is 24.2. The van der Waals surface area contributed by atoms with E-state index in [1.54, 1.807) is 0 Å². The number of nitrogens with zero attached hydrogens (tertiary/aromatic N) is 4. The van der Waals surface area contributed by atoms with Crippen molar-refractivity contribution in [3.05, 3.63) is 93.1 Å². The van der Waals surface area contributed by atoms with Crippen LogP contribution < -0.4 is 0 Å². The molecule has 0 heterocycles. The molecule has 0 unspecified atom stereocenters. The Morgan fingerprint density at radius 3 is 1.16 bits per heavy atom. The van der Waals surface area contributed by atoms with Gasteiger partial charge in [0.2, 0.25) is 0 Å². The maximum Gasteiger partial charge on any atom is 0.138 e. The fourth-order valence-corrected chi connectivity index (χ4v) is 4.76. The molecular formula is C28H14N4. The predicted octanol–water partition coefficient (Wildman–Crippen LogP) is 5.96. The molecule has 3 aromatic rings. The number of benzene rings is 3. The molecule has 0 fully saturated rings. The van der Waals surface area contributed by atoms with Gasteiger partial charge in [0.1, 0.15) is 35.4 Å². The van der Waals surface area contributed by atoms with Gasteiger partial charge in [0, 0.05) is 11.1 Å². The first-order valence-corrected chi connectivity index (χ1v) is 10.0. The maximum absolute atomic E-state index is 9.66. The van der Waals surface area contributed by atoms with Gasteiger partial charge in [0.25, 0.3) is 0 Å². The van der Waals surface area contributed by atoms with Crippen LogP contribution in [0.3, 0.4) is 0 Å². The van der Waals surface area contributed by atoms with Crippen LogP contribution in [0.25, 0.3) is 33.4 Å². The van der Waals surface area contributed by atoms with E-state index in [-0.39, 0.29) is 11.1 Å². The van der Waals surface area contributed by atoms with Gasteiger partial charge in [-0.15, -0.1) is 0 Å². The number of rotatable bonds is 0. The molecule has 4 heteroatoms. The average Bonchev–Trinajstić information content (AvgIpc) is 3.26. The number of hydrogen-bond acceptors (Lipinski definition) is 4. The van der Waals surface area contributed by atoms with Gasteiger partial charge in [-0.3, -0.25) is 0 Å². The zero-order valence-electron chi connectivity index (χ0n) is 17.4. The lowest BCUT2D eigenvalue weighted by molar-refractivity contribution is 1.44. The Morgan fingerprint density at radius 2 is 0.812 bits per heavy atom. The molecule has 0 radical (unpaired) electrons. The Hall–Kier alpha value is -4.90. The van der Waals surface area contributed by atoms with Gasteiger partial charge in [-0.1, -0.05) is 47.5 Å². The Labute approximate surface area is 185 Å². The van der Waals surface area contributed by atoms with Gasteiger partial charge in [-0.25, -0.2) is 0 Å². The molecule has 2 aliphatic rings. The number of aryl methyl sites for hydroxylation is 2. The van der Waals surface area contributed by atoms with E-state index in [4.69, 9.17) is 0 Å². The second kappa shape index (κ2) is 6.82. The average molecular weight is 406 g/mol. The Morgan fingerprint density at radius 1 is 0.469 bits per heavy atom. The van der Waals surface area contributed by atoms with E-state index >= 15 is 0 Å². The van der Waals surface area contributed by atoms with Crippen LogP contribution in [-0.4, -0.2) is 0 Å². The second-order valence-corrected chi connectivity index (χ2v) is 7.99. The normalized spacial score (nSPS) is 11.8. The number of hydrogen-bond donors (Lipinski definition) is 0. The van der Waals surface area contributed by atoms with Gasteiger partial charge in [0.05, 0.1) is 0 Å². The number of fused-ring (bicyclic) bond motifs is 6. The van der Waals surface area contributed by atoms with Crippen LogP contribution in [0.15, 0.2) is 59.7 Å². The Bertz CT molecular complexity index is 1460. The van der Waals surface area contributed by atoms with Crippen molar-refractivity contribution in [2.24, 2.45) is 0 Å².